The minimum absolute atomic E-state index is 0.467. The predicted octanol–water partition coefficient (Wildman–Crippen LogP) is 3.56. The lowest BCUT2D eigenvalue weighted by Crippen LogP contribution is -2.17. The van der Waals surface area contributed by atoms with Gasteiger partial charge in [-0.05, 0) is 43.4 Å². The third-order valence-corrected chi connectivity index (χ3v) is 3.84. The molecule has 3 heteroatoms. The van der Waals surface area contributed by atoms with Crippen LogP contribution in [0.3, 0.4) is 0 Å². The van der Waals surface area contributed by atoms with Gasteiger partial charge in [-0.15, -0.1) is 0 Å². The molecule has 1 aliphatic carbocycles. The highest BCUT2D eigenvalue weighted by atomic mass is 15.3. The Morgan fingerprint density at radius 3 is 2.80 bits per heavy atom. The Balaban J connectivity index is 1.93. The minimum Gasteiger partial charge on any atom is -0.310 e. The fraction of sp³-hybridized carbons (Fsp3) is 0.471. The summed E-state index contributed by atoms with van der Waals surface area (Å²) in [4.78, 5) is 0. The molecule has 0 amide bonds. The van der Waals surface area contributed by atoms with Gasteiger partial charge in [0, 0.05) is 18.2 Å². The summed E-state index contributed by atoms with van der Waals surface area (Å²) in [5.74, 6) is 0.467. The first-order chi connectivity index (χ1) is 9.65. The van der Waals surface area contributed by atoms with E-state index in [2.05, 4.69) is 60.1 Å². The summed E-state index contributed by atoms with van der Waals surface area (Å²) >= 11 is 0. The molecule has 1 saturated carbocycles. The number of benzene rings is 1. The van der Waals surface area contributed by atoms with Crippen LogP contribution in [0.15, 0.2) is 30.5 Å². The third kappa shape index (κ3) is 2.78. The highest BCUT2D eigenvalue weighted by Crippen LogP contribution is 2.25. The van der Waals surface area contributed by atoms with Crippen molar-refractivity contribution in [2.75, 3.05) is 0 Å². The van der Waals surface area contributed by atoms with Gasteiger partial charge in [-0.25, -0.2) is 4.68 Å². The summed E-state index contributed by atoms with van der Waals surface area (Å²) in [6.07, 6.45) is 4.67. The second kappa shape index (κ2) is 5.41. The van der Waals surface area contributed by atoms with E-state index >= 15 is 0 Å². The van der Waals surface area contributed by atoms with Gasteiger partial charge in [0.2, 0.25) is 0 Å². The molecule has 0 unspecified atom stereocenters. The number of aryl methyl sites for hydroxylation is 1. The average Bonchev–Trinajstić information content (AvgIpc) is 3.14. The monoisotopic (exact) mass is 269 g/mol. The molecule has 0 bridgehead atoms. The first-order valence-corrected chi connectivity index (χ1v) is 7.52. The Morgan fingerprint density at radius 1 is 1.35 bits per heavy atom. The molecular weight excluding hydrogens is 246 g/mol. The van der Waals surface area contributed by atoms with Crippen LogP contribution in [0.5, 0.6) is 0 Å². The van der Waals surface area contributed by atoms with Gasteiger partial charge in [0.05, 0.1) is 17.6 Å². The van der Waals surface area contributed by atoms with E-state index < -0.39 is 0 Å². The number of aromatic nitrogens is 2. The van der Waals surface area contributed by atoms with Crippen LogP contribution in [-0.4, -0.2) is 15.8 Å². The number of rotatable bonds is 5. The van der Waals surface area contributed by atoms with E-state index in [1.54, 1.807) is 0 Å². The van der Waals surface area contributed by atoms with Gasteiger partial charge in [-0.3, -0.25) is 0 Å². The van der Waals surface area contributed by atoms with Gasteiger partial charge in [0.1, 0.15) is 0 Å². The molecule has 20 heavy (non-hydrogen) atoms. The SMILES string of the molecule is Cc1cccc(-n2ncc(CNC3CC3)c2C(C)C)c1. The molecule has 106 valence electrons. The van der Waals surface area contributed by atoms with Crippen LogP contribution >= 0.6 is 0 Å². The van der Waals surface area contributed by atoms with Crippen molar-refractivity contribution in [3.63, 3.8) is 0 Å². The van der Waals surface area contributed by atoms with E-state index in [9.17, 15) is 0 Å². The Kier molecular flexibility index (Phi) is 3.62. The number of hydrogen-bond donors (Lipinski definition) is 1. The van der Waals surface area contributed by atoms with E-state index in [-0.39, 0.29) is 0 Å². The zero-order valence-corrected chi connectivity index (χ0v) is 12.6. The lowest BCUT2D eigenvalue weighted by Gasteiger charge is -2.13. The van der Waals surface area contributed by atoms with Crippen molar-refractivity contribution >= 4 is 0 Å². The normalized spacial score (nSPS) is 15.0. The van der Waals surface area contributed by atoms with Crippen LogP contribution < -0.4 is 5.32 Å². The van der Waals surface area contributed by atoms with E-state index in [0.717, 1.165) is 18.3 Å². The van der Waals surface area contributed by atoms with E-state index in [4.69, 9.17) is 0 Å². The van der Waals surface area contributed by atoms with Crippen molar-refractivity contribution in [3.05, 3.63) is 47.3 Å². The van der Waals surface area contributed by atoms with Crippen LogP contribution in [0.1, 0.15) is 49.4 Å². The highest BCUT2D eigenvalue weighted by Gasteiger charge is 2.22. The van der Waals surface area contributed by atoms with E-state index in [1.165, 1.54) is 29.7 Å². The first-order valence-electron chi connectivity index (χ1n) is 7.52. The third-order valence-electron chi connectivity index (χ3n) is 3.84. The van der Waals surface area contributed by atoms with Crippen LogP contribution in [0.25, 0.3) is 5.69 Å². The molecule has 3 nitrogen and oxygen atoms in total. The molecule has 1 aliphatic rings. The summed E-state index contributed by atoms with van der Waals surface area (Å²) in [5, 5.41) is 8.21. The van der Waals surface area contributed by atoms with Crippen molar-refractivity contribution in [1.29, 1.82) is 0 Å². The highest BCUT2D eigenvalue weighted by molar-refractivity contribution is 5.38. The molecule has 0 atom stereocenters. The topological polar surface area (TPSA) is 29.9 Å². The molecule has 1 heterocycles. The minimum atomic E-state index is 0.467. The van der Waals surface area contributed by atoms with Crippen molar-refractivity contribution in [1.82, 2.24) is 15.1 Å². The second-order valence-corrected chi connectivity index (χ2v) is 6.12. The fourth-order valence-electron chi connectivity index (χ4n) is 2.65. The van der Waals surface area contributed by atoms with Gasteiger partial charge in [-0.1, -0.05) is 26.0 Å². The van der Waals surface area contributed by atoms with Crippen molar-refractivity contribution in [2.24, 2.45) is 0 Å². The molecule has 3 rings (SSSR count). The maximum Gasteiger partial charge on any atom is 0.0651 e. The molecule has 1 aromatic heterocycles. The number of nitrogens with zero attached hydrogens (tertiary/aromatic N) is 2. The lowest BCUT2D eigenvalue weighted by atomic mass is 10.1. The van der Waals surface area contributed by atoms with Gasteiger partial charge in [0.15, 0.2) is 0 Å². The summed E-state index contributed by atoms with van der Waals surface area (Å²) in [5.41, 5.74) is 5.08. The Labute approximate surface area is 121 Å². The molecule has 0 saturated heterocycles. The Morgan fingerprint density at radius 2 is 2.15 bits per heavy atom. The lowest BCUT2D eigenvalue weighted by molar-refractivity contribution is 0.666. The summed E-state index contributed by atoms with van der Waals surface area (Å²) < 4.78 is 2.10. The van der Waals surface area contributed by atoms with Crippen LogP contribution in [0.4, 0.5) is 0 Å². The Hall–Kier alpha value is -1.61. The van der Waals surface area contributed by atoms with Gasteiger partial charge in [0.25, 0.3) is 0 Å². The first kappa shape index (κ1) is 13.4. The summed E-state index contributed by atoms with van der Waals surface area (Å²) in [6, 6.07) is 9.27. The molecule has 1 aromatic carbocycles. The fourth-order valence-corrected chi connectivity index (χ4v) is 2.65. The molecule has 0 radical (unpaired) electrons. The Bertz CT molecular complexity index is 594. The summed E-state index contributed by atoms with van der Waals surface area (Å²) in [6.45, 7) is 7.54. The molecule has 2 aromatic rings. The van der Waals surface area contributed by atoms with E-state index in [0.29, 0.717) is 5.92 Å². The second-order valence-electron chi connectivity index (χ2n) is 6.12. The molecule has 0 spiro atoms. The van der Waals surface area contributed by atoms with E-state index in [1.807, 2.05) is 6.20 Å². The van der Waals surface area contributed by atoms with Crippen LogP contribution in [-0.2, 0) is 6.54 Å². The summed E-state index contributed by atoms with van der Waals surface area (Å²) in [7, 11) is 0. The van der Waals surface area contributed by atoms with Crippen LogP contribution in [0.2, 0.25) is 0 Å². The number of nitrogens with one attached hydrogen (secondary N) is 1. The predicted molar refractivity (Wildman–Crippen MR) is 82.3 cm³/mol. The zero-order valence-electron chi connectivity index (χ0n) is 12.6. The largest absolute Gasteiger partial charge is 0.310 e. The standard InChI is InChI=1S/C17H23N3/c1-12(2)17-14(10-18-15-7-8-15)11-19-20(17)16-6-4-5-13(3)9-16/h4-6,9,11-12,15,18H,7-8,10H2,1-3H3. The molecule has 1 N–H and O–H groups in total. The average molecular weight is 269 g/mol. The molecule has 0 aliphatic heterocycles. The maximum atomic E-state index is 4.62. The molecule has 1 fully saturated rings. The number of hydrogen-bond acceptors (Lipinski definition) is 2. The molecular formula is C17H23N3. The van der Waals surface area contributed by atoms with Crippen molar-refractivity contribution in [2.45, 2.75) is 52.1 Å². The quantitative estimate of drug-likeness (QED) is 0.899. The van der Waals surface area contributed by atoms with Gasteiger partial charge >= 0.3 is 0 Å². The van der Waals surface area contributed by atoms with Crippen LogP contribution in [0, 0.1) is 6.92 Å². The van der Waals surface area contributed by atoms with Crippen molar-refractivity contribution in [3.8, 4) is 5.69 Å². The smallest absolute Gasteiger partial charge is 0.0651 e. The maximum absolute atomic E-state index is 4.62. The van der Waals surface area contributed by atoms with Gasteiger partial charge < -0.3 is 5.32 Å². The van der Waals surface area contributed by atoms with Crippen molar-refractivity contribution < 1.29 is 0 Å². The van der Waals surface area contributed by atoms with Gasteiger partial charge in [-0.2, -0.15) is 5.10 Å². The zero-order chi connectivity index (χ0) is 14.1.